The van der Waals surface area contributed by atoms with Crippen molar-refractivity contribution in [1.82, 2.24) is 10.2 Å². The zero-order valence-corrected chi connectivity index (χ0v) is 14.7. The molecule has 1 saturated carbocycles. The van der Waals surface area contributed by atoms with Crippen LogP contribution in [0.2, 0.25) is 0 Å². The van der Waals surface area contributed by atoms with Crippen LogP contribution in [0.3, 0.4) is 0 Å². The molecule has 1 aromatic carbocycles. The average molecular weight is 352 g/mol. The van der Waals surface area contributed by atoms with Gasteiger partial charge in [0.15, 0.2) is 0 Å². The van der Waals surface area contributed by atoms with Crippen LogP contribution in [-0.4, -0.2) is 44.2 Å². The zero-order valence-electron chi connectivity index (χ0n) is 13.1. The Morgan fingerprint density at radius 3 is 2.86 bits per heavy atom. The van der Waals surface area contributed by atoms with Gasteiger partial charge in [0.2, 0.25) is 0 Å². The molecule has 116 valence electrons. The quantitative estimate of drug-likeness (QED) is 0.878. The second kappa shape index (κ2) is 6.67. The molecule has 21 heavy (non-hydrogen) atoms. The Bertz CT molecular complexity index is 487. The molecule has 0 spiro atoms. The van der Waals surface area contributed by atoms with Crippen molar-refractivity contribution in [3.05, 3.63) is 28.2 Å². The SMILES string of the molecule is CN1CCCC(N(C)c2cc(Br)ccc2CNC2CC2)C1. The molecule has 0 bridgehead atoms. The summed E-state index contributed by atoms with van der Waals surface area (Å²) in [6.07, 6.45) is 5.28. The van der Waals surface area contributed by atoms with E-state index in [4.69, 9.17) is 0 Å². The molecule has 1 aliphatic carbocycles. The van der Waals surface area contributed by atoms with Gasteiger partial charge in [0.25, 0.3) is 0 Å². The molecule has 2 aliphatic rings. The van der Waals surface area contributed by atoms with E-state index in [0.29, 0.717) is 6.04 Å². The zero-order chi connectivity index (χ0) is 14.8. The van der Waals surface area contributed by atoms with Gasteiger partial charge in [-0.3, -0.25) is 0 Å². The summed E-state index contributed by atoms with van der Waals surface area (Å²) < 4.78 is 1.17. The van der Waals surface area contributed by atoms with Crippen molar-refractivity contribution in [2.24, 2.45) is 0 Å². The first-order valence-corrected chi connectivity index (χ1v) is 8.86. The number of nitrogens with zero attached hydrogens (tertiary/aromatic N) is 2. The van der Waals surface area contributed by atoms with Gasteiger partial charge in [-0.15, -0.1) is 0 Å². The third-order valence-electron chi connectivity index (χ3n) is 4.73. The highest BCUT2D eigenvalue weighted by atomic mass is 79.9. The molecule has 2 fully saturated rings. The van der Waals surface area contributed by atoms with Gasteiger partial charge >= 0.3 is 0 Å². The molecular formula is C17H26BrN3. The van der Waals surface area contributed by atoms with Crippen LogP contribution >= 0.6 is 15.9 Å². The van der Waals surface area contributed by atoms with Gasteiger partial charge in [0.1, 0.15) is 0 Å². The highest BCUT2D eigenvalue weighted by Gasteiger charge is 2.24. The molecule has 0 radical (unpaired) electrons. The van der Waals surface area contributed by atoms with Crippen molar-refractivity contribution in [3.8, 4) is 0 Å². The molecule has 1 unspecified atom stereocenters. The van der Waals surface area contributed by atoms with E-state index < -0.39 is 0 Å². The van der Waals surface area contributed by atoms with E-state index in [1.54, 1.807) is 0 Å². The largest absolute Gasteiger partial charge is 0.370 e. The van der Waals surface area contributed by atoms with Crippen LogP contribution < -0.4 is 10.2 Å². The Morgan fingerprint density at radius 1 is 1.33 bits per heavy atom. The van der Waals surface area contributed by atoms with E-state index >= 15 is 0 Å². The summed E-state index contributed by atoms with van der Waals surface area (Å²) in [5.74, 6) is 0. The number of hydrogen-bond donors (Lipinski definition) is 1. The number of benzene rings is 1. The van der Waals surface area contributed by atoms with E-state index in [-0.39, 0.29) is 0 Å². The first kappa shape index (κ1) is 15.3. The number of nitrogens with one attached hydrogen (secondary N) is 1. The van der Waals surface area contributed by atoms with Crippen molar-refractivity contribution in [1.29, 1.82) is 0 Å². The first-order valence-electron chi connectivity index (χ1n) is 8.06. The van der Waals surface area contributed by atoms with E-state index in [9.17, 15) is 0 Å². The van der Waals surface area contributed by atoms with E-state index in [1.165, 1.54) is 54.5 Å². The Kier molecular flexibility index (Phi) is 4.87. The fraction of sp³-hybridized carbons (Fsp3) is 0.647. The number of piperidine rings is 1. The Morgan fingerprint density at radius 2 is 2.14 bits per heavy atom. The van der Waals surface area contributed by atoms with Crippen molar-refractivity contribution >= 4 is 21.6 Å². The van der Waals surface area contributed by atoms with E-state index in [0.717, 1.165) is 12.6 Å². The summed E-state index contributed by atoms with van der Waals surface area (Å²) in [5.41, 5.74) is 2.79. The molecular weight excluding hydrogens is 326 g/mol. The predicted octanol–water partition coefficient (Wildman–Crippen LogP) is 3.23. The summed E-state index contributed by atoms with van der Waals surface area (Å²) in [5, 5.41) is 3.65. The van der Waals surface area contributed by atoms with Gasteiger partial charge in [0.05, 0.1) is 0 Å². The number of rotatable bonds is 5. The van der Waals surface area contributed by atoms with Crippen LogP contribution in [0, 0.1) is 0 Å². The maximum atomic E-state index is 3.65. The highest BCUT2D eigenvalue weighted by Crippen LogP contribution is 2.29. The van der Waals surface area contributed by atoms with Gasteiger partial charge < -0.3 is 15.1 Å². The molecule has 1 saturated heterocycles. The number of likely N-dealkylation sites (tertiary alicyclic amines) is 1. The van der Waals surface area contributed by atoms with Gasteiger partial charge in [-0.2, -0.15) is 0 Å². The lowest BCUT2D eigenvalue weighted by Crippen LogP contribution is -2.45. The lowest BCUT2D eigenvalue weighted by molar-refractivity contribution is 0.248. The second-order valence-corrected chi connectivity index (χ2v) is 7.51. The van der Waals surface area contributed by atoms with Crippen LogP contribution in [-0.2, 0) is 6.54 Å². The normalized spacial score (nSPS) is 23.3. The summed E-state index contributed by atoms with van der Waals surface area (Å²) in [7, 11) is 4.49. The average Bonchev–Trinajstić information content (AvgIpc) is 3.29. The minimum Gasteiger partial charge on any atom is -0.370 e. The summed E-state index contributed by atoms with van der Waals surface area (Å²) >= 11 is 3.64. The molecule has 3 rings (SSSR count). The van der Waals surface area contributed by atoms with Crippen LogP contribution in [0.25, 0.3) is 0 Å². The van der Waals surface area contributed by atoms with Gasteiger partial charge in [-0.25, -0.2) is 0 Å². The summed E-state index contributed by atoms with van der Waals surface area (Å²) in [6.45, 7) is 3.39. The van der Waals surface area contributed by atoms with Gasteiger partial charge in [0, 0.05) is 42.4 Å². The fourth-order valence-corrected chi connectivity index (χ4v) is 3.56. The Hall–Kier alpha value is -0.580. The minimum atomic E-state index is 0.623. The van der Waals surface area contributed by atoms with Crippen LogP contribution in [0.4, 0.5) is 5.69 Å². The fourth-order valence-electron chi connectivity index (χ4n) is 3.21. The lowest BCUT2D eigenvalue weighted by atomic mass is 10.0. The maximum Gasteiger partial charge on any atom is 0.0423 e. The molecule has 0 aromatic heterocycles. The number of likely N-dealkylation sites (N-methyl/N-ethyl adjacent to an activating group) is 2. The highest BCUT2D eigenvalue weighted by molar-refractivity contribution is 9.10. The van der Waals surface area contributed by atoms with Crippen molar-refractivity contribution < 1.29 is 0 Å². The molecule has 4 heteroatoms. The van der Waals surface area contributed by atoms with E-state index in [2.05, 4.69) is 63.3 Å². The van der Waals surface area contributed by atoms with Crippen LogP contribution in [0.15, 0.2) is 22.7 Å². The Labute approximate surface area is 136 Å². The monoisotopic (exact) mass is 351 g/mol. The van der Waals surface area contributed by atoms with Crippen LogP contribution in [0.5, 0.6) is 0 Å². The first-order chi connectivity index (χ1) is 10.1. The molecule has 3 nitrogen and oxygen atoms in total. The molecule has 1 N–H and O–H groups in total. The molecule has 1 aromatic rings. The van der Waals surface area contributed by atoms with Crippen molar-refractivity contribution in [2.75, 3.05) is 32.1 Å². The third kappa shape index (κ3) is 3.99. The van der Waals surface area contributed by atoms with Gasteiger partial charge in [-0.05, 0) is 57.0 Å². The minimum absolute atomic E-state index is 0.623. The molecule has 1 aliphatic heterocycles. The molecule has 0 amide bonds. The van der Waals surface area contributed by atoms with E-state index in [1.807, 2.05) is 0 Å². The lowest BCUT2D eigenvalue weighted by Gasteiger charge is -2.38. The smallest absolute Gasteiger partial charge is 0.0423 e. The predicted molar refractivity (Wildman–Crippen MR) is 92.9 cm³/mol. The van der Waals surface area contributed by atoms with Crippen LogP contribution in [0.1, 0.15) is 31.2 Å². The Balaban J connectivity index is 1.75. The standard InChI is InChI=1S/C17H26BrN3/c1-20-9-3-4-16(12-20)21(2)17-10-14(18)6-5-13(17)11-19-15-7-8-15/h5-6,10,15-16,19H,3-4,7-9,11-12H2,1-2H3. The molecule has 1 heterocycles. The third-order valence-corrected chi connectivity index (χ3v) is 5.23. The maximum absolute atomic E-state index is 3.65. The number of hydrogen-bond acceptors (Lipinski definition) is 3. The van der Waals surface area contributed by atoms with Gasteiger partial charge in [-0.1, -0.05) is 22.0 Å². The summed E-state index contributed by atoms with van der Waals surface area (Å²) in [4.78, 5) is 4.94. The van der Waals surface area contributed by atoms with Crippen molar-refractivity contribution in [2.45, 2.75) is 44.3 Å². The number of halogens is 1. The topological polar surface area (TPSA) is 18.5 Å². The molecule has 1 atom stereocenters. The second-order valence-electron chi connectivity index (χ2n) is 6.60. The summed E-state index contributed by atoms with van der Waals surface area (Å²) in [6, 6.07) is 8.08. The number of anilines is 1. The van der Waals surface area contributed by atoms with Crippen molar-refractivity contribution in [3.63, 3.8) is 0 Å².